The van der Waals surface area contributed by atoms with Gasteiger partial charge in [-0.3, -0.25) is 9.59 Å². The van der Waals surface area contributed by atoms with Gasteiger partial charge in [-0.2, -0.15) is 0 Å². The third kappa shape index (κ3) is 3.39. The molecule has 1 aromatic carbocycles. The van der Waals surface area contributed by atoms with E-state index in [0.717, 1.165) is 5.56 Å². The number of hydrogen-bond acceptors (Lipinski definition) is 4. The monoisotopic (exact) mass is 351 g/mol. The molecule has 0 saturated carbocycles. The van der Waals surface area contributed by atoms with E-state index >= 15 is 0 Å². The molecule has 0 atom stereocenters. The molecule has 1 amide bonds. The highest BCUT2D eigenvalue weighted by Crippen LogP contribution is 2.31. The van der Waals surface area contributed by atoms with Crippen LogP contribution in [0.2, 0.25) is 5.02 Å². The second kappa shape index (κ2) is 6.83. The first-order valence-electron chi connectivity index (χ1n) is 7.72. The molecule has 1 saturated heterocycles. The number of benzene rings is 1. The Morgan fingerprint density at radius 1 is 1.29 bits per heavy atom. The van der Waals surface area contributed by atoms with E-state index < -0.39 is 11.4 Å². The molecular formula is C17H18ClNO5. The SMILES string of the molecule is O=C(NCC1(C(=O)O)CCOCC1)C1=Cc2cc(Cl)ccc2OC1. The van der Waals surface area contributed by atoms with E-state index in [2.05, 4.69) is 5.32 Å². The van der Waals surface area contributed by atoms with E-state index in [-0.39, 0.29) is 19.1 Å². The number of carbonyl (C=O) groups is 2. The van der Waals surface area contributed by atoms with Crippen molar-refractivity contribution >= 4 is 29.6 Å². The Hall–Kier alpha value is -2.05. The largest absolute Gasteiger partial charge is 0.488 e. The van der Waals surface area contributed by atoms with Gasteiger partial charge in [-0.05, 0) is 37.1 Å². The number of carbonyl (C=O) groups excluding carboxylic acids is 1. The molecule has 2 N–H and O–H groups in total. The molecule has 2 heterocycles. The highest BCUT2D eigenvalue weighted by molar-refractivity contribution is 6.30. The van der Waals surface area contributed by atoms with E-state index in [1.54, 1.807) is 24.3 Å². The average Bonchev–Trinajstić information content (AvgIpc) is 2.59. The van der Waals surface area contributed by atoms with Gasteiger partial charge in [0.05, 0.1) is 11.0 Å². The van der Waals surface area contributed by atoms with Gasteiger partial charge in [0, 0.05) is 30.3 Å². The first kappa shape index (κ1) is 16.8. The van der Waals surface area contributed by atoms with Gasteiger partial charge in [0.1, 0.15) is 12.4 Å². The molecule has 128 valence electrons. The summed E-state index contributed by atoms with van der Waals surface area (Å²) < 4.78 is 10.8. The van der Waals surface area contributed by atoms with Crippen LogP contribution in [-0.2, 0) is 14.3 Å². The zero-order valence-corrected chi connectivity index (χ0v) is 13.8. The maximum atomic E-state index is 12.4. The molecule has 0 aromatic heterocycles. The molecule has 1 aromatic rings. The fraction of sp³-hybridized carbons (Fsp3) is 0.412. The number of nitrogens with one attached hydrogen (secondary N) is 1. The van der Waals surface area contributed by atoms with E-state index in [9.17, 15) is 14.7 Å². The number of fused-ring (bicyclic) bond motifs is 1. The molecule has 6 nitrogen and oxygen atoms in total. The number of halogens is 1. The van der Waals surface area contributed by atoms with Crippen molar-refractivity contribution in [1.82, 2.24) is 5.32 Å². The van der Waals surface area contributed by atoms with Crippen LogP contribution in [0.3, 0.4) is 0 Å². The minimum Gasteiger partial charge on any atom is -0.488 e. The van der Waals surface area contributed by atoms with Crippen LogP contribution in [0.4, 0.5) is 0 Å². The summed E-state index contributed by atoms with van der Waals surface area (Å²) in [5.41, 5.74) is 0.209. The van der Waals surface area contributed by atoms with Crippen molar-refractivity contribution in [2.24, 2.45) is 5.41 Å². The lowest BCUT2D eigenvalue weighted by molar-refractivity contribution is -0.154. The fourth-order valence-electron chi connectivity index (χ4n) is 2.87. The topological polar surface area (TPSA) is 84.9 Å². The maximum absolute atomic E-state index is 12.4. The minimum absolute atomic E-state index is 0.0737. The van der Waals surface area contributed by atoms with Crippen LogP contribution in [0.15, 0.2) is 23.8 Å². The molecule has 0 spiro atoms. The Morgan fingerprint density at radius 2 is 2.04 bits per heavy atom. The van der Waals surface area contributed by atoms with Crippen molar-refractivity contribution in [3.05, 3.63) is 34.4 Å². The predicted octanol–water partition coefficient (Wildman–Crippen LogP) is 2.11. The summed E-state index contributed by atoms with van der Waals surface area (Å²) in [6.07, 6.45) is 2.49. The smallest absolute Gasteiger partial charge is 0.311 e. The number of amides is 1. The summed E-state index contributed by atoms with van der Waals surface area (Å²) in [5, 5.41) is 12.8. The molecule has 0 unspecified atom stereocenters. The lowest BCUT2D eigenvalue weighted by Crippen LogP contribution is -2.47. The molecular weight excluding hydrogens is 334 g/mol. The highest BCUT2D eigenvalue weighted by Gasteiger charge is 2.40. The third-order valence-electron chi connectivity index (χ3n) is 4.47. The van der Waals surface area contributed by atoms with Gasteiger partial charge in [0.25, 0.3) is 5.91 Å². The number of hydrogen-bond donors (Lipinski definition) is 2. The van der Waals surface area contributed by atoms with Gasteiger partial charge >= 0.3 is 5.97 Å². The van der Waals surface area contributed by atoms with Crippen LogP contribution in [0, 0.1) is 5.41 Å². The first-order chi connectivity index (χ1) is 11.5. The first-order valence-corrected chi connectivity index (χ1v) is 8.10. The summed E-state index contributed by atoms with van der Waals surface area (Å²) in [7, 11) is 0. The van der Waals surface area contributed by atoms with Gasteiger partial charge in [-0.1, -0.05) is 11.6 Å². The van der Waals surface area contributed by atoms with Crippen LogP contribution in [0.25, 0.3) is 6.08 Å². The fourth-order valence-corrected chi connectivity index (χ4v) is 3.05. The highest BCUT2D eigenvalue weighted by atomic mass is 35.5. The van der Waals surface area contributed by atoms with Crippen molar-refractivity contribution in [3.63, 3.8) is 0 Å². The number of rotatable bonds is 4. The predicted molar refractivity (Wildman–Crippen MR) is 88.1 cm³/mol. The van der Waals surface area contributed by atoms with Gasteiger partial charge in [-0.25, -0.2) is 0 Å². The Morgan fingerprint density at radius 3 is 2.75 bits per heavy atom. The average molecular weight is 352 g/mol. The molecule has 0 radical (unpaired) electrons. The van der Waals surface area contributed by atoms with Crippen molar-refractivity contribution < 1.29 is 24.2 Å². The summed E-state index contributed by atoms with van der Waals surface area (Å²) in [6.45, 7) is 0.994. The van der Waals surface area contributed by atoms with Crippen LogP contribution < -0.4 is 10.1 Å². The number of carboxylic acid groups (broad SMARTS) is 1. The summed E-state index contributed by atoms with van der Waals surface area (Å²) >= 11 is 5.96. The Labute approximate surface area is 144 Å². The summed E-state index contributed by atoms with van der Waals surface area (Å²) in [6, 6.07) is 5.20. The number of carboxylic acids is 1. The molecule has 1 fully saturated rings. The van der Waals surface area contributed by atoms with Gasteiger partial charge < -0.3 is 19.9 Å². The maximum Gasteiger partial charge on any atom is 0.311 e. The van der Waals surface area contributed by atoms with Gasteiger partial charge in [0.15, 0.2) is 0 Å². The van der Waals surface area contributed by atoms with E-state index in [1.165, 1.54) is 0 Å². The molecule has 7 heteroatoms. The van der Waals surface area contributed by atoms with E-state index in [4.69, 9.17) is 21.1 Å². The molecule has 2 aliphatic rings. The molecule has 0 bridgehead atoms. The minimum atomic E-state index is -0.967. The summed E-state index contributed by atoms with van der Waals surface area (Å²) in [5.74, 6) is -0.563. The zero-order chi connectivity index (χ0) is 17.2. The van der Waals surface area contributed by atoms with Crippen LogP contribution in [0.5, 0.6) is 5.75 Å². The van der Waals surface area contributed by atoms with E-state index in [0.29, 0.717) is 42.4 Å². The third-order valence-corrected chi connectivity index (χ3v) is 4.70. The van der Waals surface area contributed by atoms with Crippen molar-refractivity contribution in [3.8, 4) is 5.75 Å². The second-order valence-electron chi connectivity index (χ2n) is 6.02. The Bertz CT molecular complexity index is 694. The summed E-state index contributed by atoms with van der Waals surface area (Å²) in [4.78, 5) is 24.0. The van der Waals surface area contributed by atoms with Crippen molar-refractivity contribution in [2.75, 3.05) is 26.4 Å². The normalized spacial score (nSPS) is 18.8. The van der Waals surface area contributed by atoms with Gasteiger partial charge in [-0.15, -0.1) is 0 Å². The van der Waals surface area contributed by atoms with Crippen LogP contribution >= 0.6 is 11.6 Å². The lowest BCUT2D eigenvalue weighted by atomic mass is 9.80. The van der Waals surface area contributed by atoms with Crippen LogP contribution in [-0.4, -0.2) is 43.3 Å². The van der Waals surface area contributed by atoms with Crippen LogP contribution in [0.1, 0.15) is 18.4 Å². The quantitative estimate of drug-likeness (QED) is 0.868. The zero-order valence-electron chi connectivity index (χ0n) is 13.0. The standard InChI is InChI=1S/C17H18ClNO5/c18-13-1-2-14-11(8-13)7-12(9-24-14)15(20)19-10-17(16(21)22)3-5-23-6-4-17/h1-2,7-8H,3-6,9-10H2,(H,19,20)(H,21,22). The Kier molecular flexibility index (Phi) is 4.78. The molecule has 24 heavy (non-hydrogen) atoms. The molecule has 2 aliphatic heterocycles. The van der Waals surface area contributed by atoms with Crippen molar-refractivity contribution in [1.29, 1.82) is 0 Å². The van der Waals surface area contributed by atoms with Gasteiger partial charge in [0.2, 0.25) is 0 Å². The van der Waals surface area contributed by atoms with E-state index in [1.807, 2.05) is 0 Å². The Balaban J connectivity index is 1.70. The number of aliphatic carboxylic acids is 1. The van der Waals surface area contributed by atoms with Crippen molar-refractivity contribution in [2.45, 2.75) is 12.8 Å². The lowest BCUT2D eigenvalue weighted by Gasteiger charge is -2.33. The number of ether oxygens (including phenoxy) is 2. The second-order valence-corrected chi connectivity index (χ2v) is 6.46. The molecule has 3 rings (SSSR count). The molecule has 0 aliphatic carbocycles.